The second kappa shape index (κ2) is 4.64. The number of rotatable bonds is 5. The van der Waals surface area contributed by atoms with E-state index in [1.54, 1.807) is 13.8 Å². The van der Waals surface area contributed by atoms with Gasteiger partial charge in [0.2, 0.25) is 0 Å². The molecule has 0 rings (SSSR count). The van der Waals surface area contributed by atoms with Crippen LogP contribution in [0.1, 0.15) is 26.7 Å². The second-order valence-electron chi connectivity index (χ2n) is 2.42. The average molecular weight is 188 g/mol. The SMILES string of the molecule is CCC(CC)OC(F)(F)C(F)F. The minimum atomic E-state index is -4.31. The molecule has 74 valence electrons. The second-order valence-corrected chi connectivity index (χ2v) is 2.42. The van der Waals surface area contributed by atoms with Crippen LogP contribution in [0.2, 0.25) is 0 Å². The third kappa shape index (κ3) is 3.38. The summed E-state index contributed by atoms with van der Waals surface area (Å²) in [6.07, 6.45) is -8.25. The third-order valence-electron chi connectivity index (χ3n) is 1.49. The van der Waals surface area contributed by atoms with E-state index in [1.807, 2.05) is 0 Å². The number of halogens is 4. The molecule has 5 heteroatoms. The lowest BCUT2D eigenvalue weighted by atomic mass is 10.2. The monoisotopic (exact) mass is 188 g/mol. The molecule has 0 saturated heterocycles. The van der Waals surface area contributed by atoms with Crippen molar-refractivity contribution < 1.29 is 22.3 Å². The fourth-order valence-corrected chi connectivity index (χ4v) is 0.729. The first-order valence-electron chi connectivity index (χ1n) is 3.77. The molecule has 0 aromatic heterocycles. The molecule has 0 aromatic rings. The van der Waals surface area contributed by atoms with E-state index in [0.29, 0.717) is 12.8 Å². The van der Waals surface area contributed by atoms with Crippen LogP contribution < -0.4 is 0 Å². The van der Waals surface area contributed by atoms with Crippen molar-refractivity contribution in [2.24, 2.45) is 0 Å². The summed E-state index contributed by atoms with van der Waals surface area (Å²) in [5.41, 5.74) is 0. The Morgan fingerprint density at radius 2 is 1.58 bits per heavy atom. The Morgan fingerprint density at radius 3 is 1.83 bits per heavy atom. The number of ether oxygens (including phenoxy) is 1. The summed E-state index contributed by atoms with van der Waals surface area (Å²) >= 11 is 0. The van der Waals surface area contributed by atoms with Crippen molar-refractivity contribution in [1.29, 1.82) is 0 Å². The minimum Gasteiger partial charge on any atom is -0.313 e. The van der Waals surface area contributed by atoms with Crippen LogP contribution in [0, 0.1) is 0 Å². The topological polar surface area (TPSA) is 9.23 Å². The zero-order chi connectivity index (χ0) is 9.78. The molecular weight excluding hydrogens is 176 g/mol. The van der Waals surface area contributed by atoms with Gasteiger partial charge in [-0.2, -0.15) is 8.78 Å². The van der Waals surface area contributed by atoms with E-state index in [1.165, 1.54) is 0 Å². The van der Waals surface area contributed by atoms with E-state index in [0.717, 1.165) is 0 Å². The van der Waals surface area contributed by atoms with Crippen LogP contribution in [0.3, 0.4) is 0 Å². The first-order chi connectivity index (χ1) is 5.44. The maximum atomic E-state index is 12.2. The highest BCUT2D eigenvalue weighted by molar-refractivity contribution is 4.60. The van der Waals surface area contributed by atoms with Crippen LogP contribution in [0.25, 0.3) is 0 Å². The van der Waals surface area contributed by atoms with Gasteiger partial charge in [-0.25, -0.2) is 8.78 Å². The van der Waals surface area contributed by atoms with Gasteiger partial charge in [0.05, 0.1) is 6.10 Å². The van der Waals surface area contributed by atoms with Crippen molar-refractivity contribution in [3.05, 3.63) is 0 Å². The van der Waals surface area contributed by atoms with Crippen molar-refractivity contribution in [2.75, 3.05) is 0 Å². The molecule has 0 aromatic carbocycles. The number of hydrogen-bond acceptors (Lipinski definition) is 1. The molecule has 0 fully saturated rings. The maximum absolute atomic E-state index is 12.2. The van der Waals surface area contributed by atoms with Crippen molar-refractivity contribution in [1.82, 2.24) is 0 Å². The van der Waals surface area contributed by atoms with Gasteiger partial charge < -0.3 is 4.74 Å². The first kappa shape index (κ1) is 11.7. The van der Waals surface area contributed by atoms with Gasteiger partial charge in [0, 0.05) is 0 Å². The molecule has 0 amide bonds. The molecule has 0 unspecified atom stereocenters. The smallest absolute Gasteiger partial charge is 0.313 e. The molecule has 0 bridgehead atoms. The Bertz CT molecular complexity index is 123. The number of hydrogen-bond donors (Lipinski definition) is 0. The summed E-state index contributed by atoms with van der Waals surface area (Å²) in [7, 11) is 0. The summed E-state index contributed by atoms with van der Waals surface area (Å²) in [5, 5.41) is 0. The zero-order valence-corrected chi connectivity index (χ0v) is 6.99. The standard InChI is InChI=1S/C7H12F4O/c1-3-5(4-2)12-7(10,11)6(8)9/h5-6H,3-4H2,1-2H3. The van der Waals surface area contributed by atoms with Crippen molar-refractivity contribution in [2.45, 2.75) is 45.3 Å². The van der Waals surface area contributed by atoms with Gasteiger partial charge in [-0.15, -0.1) is 0 Å². The molecule has 0 radical (unpaired) electrons. The molecule has 0 atom stereocenters. The molecule has 1 nitrogen and oxygen atoms in total. The van der Waals surface area contributed by atoms with Gasteiger partial charge in [0.25, 0.3) is 0 Å². The molecule has 0 aliphatic carbocycles. The lowest BCUT2D eigenvalue weighted by Crippen LogP contribution is -2.34. The summed E-state index contributed by atoms with van der Waals surface area (Å²) in [6.45, 7) is 3.21. The molecular formula is C7H12F4O. The lowest BCUT2D eigenvalue weighted by molar-refractivity contribution is -0.318. The molecule has 0 spiro atoms. The highest BCUT2D eigenvalue weighted by Gasteiger charge is 2.43. The van der Waals surface area contributed by atoms with Crippen molar-refractivity contribution in [3.8, 4) is 0 Å². The molecule has 0 aliphatic heterocycles. The van der Waals surface area contributed by atoms with Crippen LogP contribution >= 0.6 is 0 Å². The van der Waals surface area contributed by atoms with Gasteiger partial charge in [-0.3, -0.25) is 0 Å². The van der Waals surface area contributed by atoms with Gasteiger partial charge >= 0.3 is 12.5 Å². The largest absolute Gasteiger partial charge is 0.416 e. The normalized spacial score (nSPS) is 13.0. The Labute approximate surface area is 68.7 Å². The average Bonchev–Trinajstić information content (AvgIpc) is 2.00. The Hall–Kier alpha value is -0.320. The fourth-order valence-electron chi connectivity index (χ4n) is 0.729. The maximum Gasteiger partial charge on any atom is 0.416 e. The summed E-state index contributed by atoms with van der Waals surface area (Å²) in [4.78, 5) is 0. The van der Waals surface area contributed by atoms with Crippen molar-refractivity contribution >= 4 is 0 Å². The Kier molecular flexibility index (Phi) is 4.52. The van der Waals surface area contributed by atoms with Gasteiger partial charge in [0.1, 0.15) is 0 Å². The fraction of sp³-hybridized carbons (Fsp3) is 1.00. The van der Waals surface area contributed by atoms with Crippen LogP contribution in [0.15, 0.2) is 0 Å². The van der Waals surface area contributed by atoms with Crippen LogP contribution in [0.5, 0.6) is 0 Å². The van der Waals surface area contributed by atoms with Gasteiger partial charge in [-0.05, 0) is 12.8 Å². The molecule has 12 heavy (non-hydrogen) atoms. The van der Waals surface area contributed by atoms with E-state index in [2.05, 4.69) is 4.74 Å². The molecule has 0 saturated carbocycles. The summed E-state index contributed by atoms with van der Waals surface area (Å²) < 4.78 is 51.5. The lowest BCUT2D eigenvalue weighted by Gasteiger charge is -2.21. The molecule has 0 heterocycles. The van der Waals surface area contributed by atoms with E-state index in [-0.39, 0.29) is 0 Å². The molecule has 0 aliphatic rings. The van der Waals surface area contributed by atoms with E-state index in [4.69, 9.17) is 0 Å². The number of alkyl halides is 4. The predicted octanol–water partition coefficient (Wildman–Crippen LogP) is 3.05. The van der Waals surface area contributed by atoms with Crippen LogP contribution in [-0.2, 0) is 4.74 Å². The van der Waals surface area contributed by atoms with Gasteiger partial charge in [0.15, 0.2) is 0 Å². The summed E-state index contributed by atoms with van der Waals surface area (Å²) in [5.74, 6) is 0. The van der Waals surface area contributed by atoms with E-state index in [9.17, 15) is 17.6 Å². The van der Waals surface area contributed by atoms with Crippen LogP contribution in [0.4, 0.5) is 17.6 Å². The first-order valence-corrected chi connectivity index (χ1v) is 3.77. The zero-order valence-electron chi connectivity index (χ0n) is 6.99. The Morgan fingerprint density at radius 1 is 1.17 bits per heavy atom. The summed E-state index contributed by atoms with van der Waals surface area (Å²) in [6, 6.07) is 0. The Balaban J connectivity index is 4.02. The van der Waals surface area contributed by atoms with E-state index < -0.39 is 18.6 Å². The quantitative estimate of drug-likeness (QED) is 0.602. The molecule has 0 N–H and O–H groups in total. The predicted molar refractivity (Wildman–Crippen MR) is 36.4 cm³/mol. The minimum absolute atomic E-state index is 0.304. The highest BCUT2D eigenvalue weighted by Crippen LogP contribution is 2.27. The van der Waals surface area contributed by atoms with E-state index >= 15 is 0 Å². The third-order valence-corrected chi connectivity index (χ3v) is 1.49. The van der Waals surface area contributed by atoms with Crippen LogP contribution in [-0.4, -0.2) is 18.6 Å². The van der Waals surface area contributed by atoms with Gasteiger partial charge in [-0.1, -0.05) is 13.8 Å². The highest BCUT2D eigenvalue weighted by atomic mass is 19.3. The van der Waals surface area contributed by atoms with Crippen molar-refractivity contribution in [3.63, 3.8) is 0 Å².